The Morgan fingerprint density at radius 3 is 2.60 bits per heavy atom. The average Bonchev–Trinajstić information content (AvgIpc) is 1.85. The van der Waals surface area contributed by atoms with E-state index in [0.29, 0.717) is 11.6 Å². The van der Waals surface area contributed by atoms with E-state index >= 15 is 0 Å². The van der Waals surface area contributed by atoms with Crippen molar-refractivity contribution in [3.63, 3.8) is 0 Å². The summed E-state index contributed by atoms with van der Waals surface area (Å²) in [4.78, 5) is 0. The molecule has 2 N–H and O–H groups in total. The second-order valence-electron chi connectivity index (χ2n) is 2.27. The molecule has 0 radical (unpaired) electrons. The highest BCUT2D eigenvalue weighted by Crippen LogP contribution is 2.06. The van der Waals surface area contributed by atoms with Crippen LogP contribution in [0.2, 0.25) is 0 Å². The lowest BCUT2D eigenvalue weighted by Crippen LogP contribution is -2.14. The molecule has 58 valence electrons. The topological polar surface area (TPSA) is 35.9 Å². The highest BCUT2D eigenvalue weighted by molar-refractivity contribution is 8.16. The average molecular weight is 158 g/mol. The molecule has 0 unspecified atom stereocenters. The molecule has 0 bridgehead atoms. The van der Waals surface area contributed by atoms with Crippen molar-refractivity contribution in [1.82, 2.24) is 5.32 Å². The van der Waals surface area contributed by atoms with Gasteiger partial charge in [-0.15, -0.1) is 0 Å². The SMILES string of the molecule is CNCC(=N)SC=C(C)C. The van der Waals surface area contributed by atoms with Crippen molar-refractivity contribution in [2.75, 3.05) is 13.6 Å². The molecule has 3 heteroatoms. The van der Waals surface area contributed by atoms with Gasteiger partial charge in [-0.3, -0.25) is 5.41 Å². The van der Waals surface area contributed by atoms with Crippen LogP contribution in [-0.4, -0.2) is 18.6 Å². The molecule has 0 aliphatic heterocycles. The standard InChI is InChI=1S/C7H14N2S/c1-6(2)5-10-7(8)4-9-3/h5,8-9H,4H2,1-3H3. The van der Waals surface area contributed by atoms with E-state index in [4.69, 9.17) is 5.41 Å². The Morgan fingerprint density at radius 1 is 1.60 bits per heavy atom. The van der Waals surface area contributed by atoms with Gasteiger partial charge in [-0.05, 0) is 26.3 Å². The Hall–Kier alpha value is -0.280. The summed E-state index contributed by atoms with van der Waals surface area (Å²) in [5.41, 5.74) is 1.24. The Labute approximate surface area is 66.6 Å². The quantitative estimate of drug-likeness (QED) is 0.485. The minimum Gasteiger partial charge on any atom is -0.314 e. The van der Waals surface area contributed by atoms with Gasteiger partial charge in [0.05, 0.1) is 5.04 Å². The number of rotatable bonds is 3. The minimum absolute atomic E-state index is 0.656. The Bertz CT molecular complexity index is 137. The first-order valence-electron chi connectivity index (χ1n) is 3.19. The maximum Gasteiger partial charge on any atom is 0.0821 e. The second kappa shape index (κ2) is 5.50. The highest BCUT2D eigenvalue weighted by atomic mass is 32.2. The fraction of sp³-hybridized carbons (Fsp3) is 0.571. The van der Waals surface area contributed by atoms with Crippen molar-refractivity contribution < 1.29 is 0 Å². The molecule has 0 rings (SSSR count). The van der Waals surface area contributed by atoms with Gasteiger partial charge in [0.15, 0.2) is 0 Å². The van der Waals surface area contributed by atoms with Crippen molar-refractivity contribution in [2.45, 2.75) is 13.8 Å². The summed E-state index contributed by atoms with van der Waals surface area (Å²) >= 11 is 1.47. The maximum absolute atomic E-state index is 7.34. The van der Waals surface area contributed by atoms with Crippen molar-refractivity contribution in [1.29, 1.82) is 5.41 Å². The zero-order valence-corrected chi connectivity index (χ0v) is 7.51. The van der Waals surface area contributed by atoms with E-state index in [-0.39, 0.29) is 0 Å². The van der Waals surface area contributed by atoms with E-state index in [1.165, 1.54) is 17.3 Å². The first-order valence-corrected chi connectivity index (χ1v) is 4.07. The summed E-state index contributed by atoms with van der Waals surface area (Å²) in [6.45, 7) is 4.72. The fourth-order valence-corrected chi connectivity index (χ4v) is 0.997. The van der Waals surface area contributed by atoms with Crippen LogP contribution in [0.4, 0.5) is 0 Å². The van der Waals surface area contributed by atoms with Gasteiger partial charge < -0.3 is 5.32 Å². The molecule has 0 heterocycles. The lowest BCUT2D eigenvalue weighted by Gasteiger charge is -1.97. The van der Waals surface area contributed by atoms with Crippen LogP contribution in [-0.2, 0) is 0 Å². The van der Waals surface area contributed by atoms with Crippen LogP contribution < -0.4 is 5.32 Å². The predicted molar refractivity (Wildman–Crippen MR) is 48.7 cm³/mol. The molecular formula is C7H14N2S. The Morgan fingerprint density at radius 2 is 2.20 bits per heavy atom. The third-order valence-corrected chi connectivity index (χ3v) is 1.79. The van der Waals surface area contributed by atoms with E-state index in [1.807, 2.05) is 26.3 Å². The van der Waals surface area contributed by atoms with Crippen LogP contribution >= 0.6 is 11.8 Å². The molecule has 0 saturated heterocycles. The largest absolute Gasteiger partial charge is 0.314 e. The first kappa shape index (κ1) is 9.72. The molecule has 0 atom stereocenters. The summed E-state index contributed by atoms with van der Waals surface area (Å²) in [5.74, 6) is 0. The van der Waals surface area contributed by atoms with Gasteiger partial charge in [0.25, 0.3) is 0 Å². The third kappa shape index (κ3) is 5.85. The van der Waals surface area contributed by atoms with Gasteiger partial charge in [0, 0.05) is 6.54 Å². The molecule has 2 nitrogen and oxygen atoms in total. The molecule has 0 aromatic heterocycles. The number of hydrogen-bond acceptors (Lipinski definition) is 3. The van der Waals surface area contributed by atoms with Gasteiger partial charge in [0.2, 0.25) is 0 Å². The number of hydrogen-bond donors (Lipinski definition) is 2. The van der Waals surface area contributed by atoms with Crippen molar-refractivity contribution >= 4 is 16.8 Å². The van der Waals surface area contributed by atoms with E-state index in [0.717, 1.165) is 0 Å². The van der Waals surface area contributed by atoms with Crippen LogP contribution in [0.5, 0.6) is 0 Å². The molecular weight excluding hydrogens is 144 g/mol. The Kier molecular flexibility index (Phi) is 5.35. The van der Waals surface area contributed by atoms with E-state index in [9.17, 15) is 0 Å². The monoisotopic (exact) mass is 158 g/mol. The molecule has 10 heavy (non-hydrogen) atoms. The van der Waals surface area contributed by atoms with E-state index in [2.05, 4.69) is 5.32 Å². The van der Waals surface area contributed by atoms with Crippen molar-refractivity contribution in [2.24, 2.45) is 0 Å². The molecule has 0 aliphatic carbocycles. The first-order chi connectivity index (χ1) is 4.66. The molecule has 0 fully saturated rings. The van der Waals surface area contributed by atoms with Gasteiger partial charge >= 0.3 is 0 Å². The van der Waals surface area contributed by atoms with Crippen LogP contribution in [0.25, 0.3) is 0 Å². The fourth-order valence-electron chi connectivity index (χ4n) is 0.391. The summed E-state index contributed by atoms with van der Waals surface area (Å²) in [5, 5.41) is 12.9. The molecule has 0 aromatic carbocycles. The van der Waals surface area contributed by atoms with E-state index < -0.39 is 0 Å². The van der Waals surface area contributed by atoms with Crippen molar-refractivity contribution in [3.05, 3.63) is 11.0 Å². The zero-order chi connectivity index (χ0) is 7.98. The smallest absolute Gasteiger partial charge is 0.0821 e. The maximum atomic E-state index is 7.34. The van der Waals surface area contributed by atoms with Gasteiger partial charge in [0.1, 0.15) is 0 Å². The van der Waals surface area contributed by atoms with Gasteiger partial charge in [-0.2, -0.15) is 0 Å². The normalized spacial score (nSPS) is 9.10. The molecule has 0 spiro atoms. The Balaban J connectivity index is 3.49. The summed E-state index contributed by atoms with van der Waals surface area (Å²) in [6.07, 6.45) is 0. The summed E-state index contributed by atoms with van der Waals surface area (Å²) in [7, 11) is 1.84. The van der Waals surface area contributed by atoms with Crippen LogP contribution in [0.3, 0.4) is 0 Å². The number of allylic oxidation sites excluding steroid dienone is 1. The van der Waals surface area contributed by atoms with E-state index in [1.54, 1.807) is 0 Å². The summed E-state index contributed by atoms with van der Waals surface area (Å²) < 4.78 is 0. The summed E-state index contributed by atoms with van der Waals surface area (Å²) in [6, 6.07) is 0. The predicted octanol–water partition coefficient (Wildman–Crippen LogP) is 1.84. The van der Waals surface area contributed by atoms with Crippen LogP contribution in [0, 0.1) is 5.41 Å². The van der Waals surface area contributed by atoms with Crippen molar-refractivity contribution in [3.8, 4) is 0 Å². The van der Waals surface area contributed by atoms with Crippen LogP contribution in [0.1, 0.15) is 13.8 Å². The molecule has 0 amide bonds. The molecule has 0 aromatic rings. The van der Waals surface area contributed by atoms with Gasteiger partial charge in [-0.25, -0.2) is 0 Å². The lowest BCUT2D eigenvalue weighted by atomic mass is 10.4. The lowest BCUT2D eigenvalue weighted by molar-refractivity contribution is 0.951. The highest BCUT2D eigenvalue weighted by Gasteiger charge is 1.90. The number of thioether (sulfide) groups is 1. The van der Waals surface area contributed by atoms with Gasteiger partial charge in [-0.1, -0.05) is 17.3 Å². The molecule has 0 saturated carbocycles. The second-order valence-corrected chi connectivity index (χ2v) is 3.23. The number of nitrogens with one attached hydrogen (secondary N) is 2. The molecule has 0 aliphatic rings. The minimum atomic E-state index is 0.656. The zero-order valence-electron chi connectivity index (χ0n) is 6.69. The third-order valence-electron chi connectivity index (χ3n) is 0.774. The van der Waals surface area contributed by atoms with Crippen LogP contribution in [0.15, 0.2) is 11.0 Å².